The topological polar surface area (TPSA) is 38.9 Å². The average Bonchev–Trinajstić information content (AvgIpc) is 3.47. The van der Waals surface area contributed by atoms with Gasteiger partial charge in [0.15, 0.2) is 11.4 Å². The van der Waals surface area contributed by atoms with Crippen LogP contribution in [0.1, 0.15) is 0 Å². The minimum atomic E-state index is 0.667. The Balaban J connectivity index is 1.29. The Morgan fingerprint density at radius 1 is 0.372 bits per heavy atom. The van der Waals surface area contributed by atoms with Crippen LogP contribution in [0, 0.1) is 0 Å². The Kier molecular flexibility index (Phi) is 6.12. The van der Waals surface area contributed by atoms with Crippen molar-refractivity contribution in [2.45, 2.75) is 0 Å². The third kappa shape index (κ3) is 4.67. The van der Waals surface area contributed by atoms with E-state index in [1.807, 2.05) is 30.3 Å². The van der Waals surface area contributed by atoms with Crippen molar-refractivity contribution < 1.29 is 4.42 Å². The summed E-state index contributed by atoms with van der Waals surface area (Å²) in [7, 11) is 0. The van der Waals surface area contributed by atoms with E-state index in [1.54, 1.807) is 0 Å². The lowest BCUT2D eigenvalue weighted by Crippen LogP contribution is -1.94. The summed E-state index contributed by atoms with van der Waals surface area (Å²) in [6.45, 7) is 0. The van der Waals surface area contributed by atoms with Crippen LogP contribution in [0.5, 0.6) is 0 Å². The molecule has 0 aliphatic rings. The van der Waals surface area contributed by atoms with Crippen molar-refractivity contribution in [3.63, 3.8) is 0 Å². The predicted octanol–water partition coefficient (Wildman–Crippen LogP) is 10.7. The number of hydrogen-bond donors (Lipinski definition) is 0. The van der Waals surface area contributed by atoms with Gasteiger partial charge in [0.2, 0.25) is 0 Å². The fraction of sp³-hybridized carbons (Fsp3) is 0. The van der Waals surface area contributed by atoms with Crippen molar-refractivity contribution in [2.75, 3.05) is 0 Å². The number of nitrogens with zero attached hydrogens (tertiary/aromatic N) is 2. The zero-order valence-electron chi connectivity index (χ0n) is 23.3. The Morgan fingerprint density at radius 2 is 0.837 bits per heavy atom. The molecule has 0 aliphatic carbocycles. The number of furan rings is 1. The number of hydrogen-bond acceptors (Lipinski definition) is 3. The Bertz CT molecular complexity index is 2230. The van der Waals surface area contributed by atoms with Crippen molar-refractivity contribution in [3.8, 4) is 56.0 Å². The first-order valence-electron chi connectivity index (χ1n) is 14.4. The van der Waals surface area contributed by atoms with Crippen LogP contribution in [-0.2, 0) is 0 Å². The Morgan fingerprint density at radius 3 is 1.49 bits per heavy atom. The van der Waals surface area contributed by atoms with Gasteiger partial charge < -0.3 is 4.42 Å². The standard InChI is InChI=1S/C40H26N2O/c1-3-12-27(13-4-1)29-16-9-18-31(24-29)32-19-11-21-34(26-32)40-41-37(39-38(42-40)35-22-7-8-23-36(35)43-39)33-20-10-17-30(25-33)28-14-5-2-6-15-28/h1-26H. The van der Waals surface area contributed by atoms with Gasteiger partial charge in [-0.05, 0) is 63.7 Å². The van der Waals surface area contributed by atoms with Crippen LogP contribution in [0.2, 0.25) is 0 Å². The molecule has 3 nitrogen and oxygen atoms in total. The third-order valence-electron chi connectivity index (χ3n) is 7.89. The quantitative estimate of drug-likeness (QED) is 0.214. The molecule has 0 aliphatic heterocycles. The van der Waals surface area contributed by atoms with Crippen LogP contribution in [0.3, 0.4) is 0 Å². The van der Waals surface area contributed by atoms with Gasteiger partial charge in [-0.25, -0.2) is 9.97 Å². The molecule has 43 heavy (non-hydrogen) atoms. The van der Waals surface area contributed by atoms with Gasteiger partial charge in [0.05, 0.1) is 0 Å². The van der Waals surface area contributed by atoms with E-state index in [1.165, 1.54) is 11.1 Å². The van der Waals surface area contributed by atoms with E-state index in [4.69, 9.17) is 14.4 Å². The van der Waals surface area contributed by atoms with E-state index in [0.717, 1.165) is 55.6 Å². The molecule has 0 radical (unpaired) electrons. The minimum absolute atomic E-state index is 0.667. The number of para-hydroxylation sites is 1. The summed E-state index contributed by atoms with van der Waals surface area (Å²) in [5.74, 6) is 0.667. The molecule has 8 rings (SSSR count). The van der Waals surface area contributed by atoms with Crippen molar-refractivity contribution >= 4 is 22.1 Å². The highest BCUT2D eigenvalue weighted by molar-refractivity contribution is 6.07. The monoisotopic (exact) mass is 550 g/mol. The molecule has 0 amide bonds. The van der Waals surface area contributed by atoms with Crippen molar-refractivity contribution in [3.05, 3.63) is 158 Å². The summed E-state index contributed by atoms with van der Waals surface area (Å²) in [6.07, 6.45) is 0. The fourth-order valence-electron chi connectivity index (χ4n) is 5.74. The molecule has 0 N–H and O–H groups in total. The van der Waals surface area contributed by atoms with Crippen LogP contribution in [0.4, 0.5) is 0 Å². The molecule has 3 heteroatoms. The maximum absolute atomic E-state index is 6.40. The zero-order valence-corrected chi connectivity index (χ0v) is 23.3. The number of fused-ring (bicyclic) bond motifs is 3. The lowest BCUT2D eigenvalue weighted by atomic mass is 9.98. The van der Waals surface area contributed by atoms with E-state index in [0.29, 0.717) is 11.4 Å². The first-order valence-corrected chi connectivity index (χ1v) is 14.4. The highest BCUT2D eigenvalue weighted by Crippen LogP contribution is 2.37. The molecule has 6 aromatic carbocycles. The van der Waals surface area contributed by atoms with Gasteiger partial charge in [-0.3, -0.25) is 0 Å². The summed E-state index contributed by atoms with van der Waals surface area (Å²) >= 11 is 0. The molecular formula is C40H26N2O. The van der Waals surface area contributed by atoms with Crippen LogP contribution >= 0.6 is 0 Å². The molecule has 0 saturated heterocycles. The first-order chi connectivity index (χ1) is 21.3. The molecule has 0 bridgehead atoms. The van der Waals surface area contributed by atoms with Crippen molar-refractivity contribution in [1.29, 1.82) is 0 Å². The van der Waals surface area contributed by atoms with E-state index in [9.17, 15) is 0 Å². The van der Waals surface area contributed by atoms with Gasteiger partial charge in [0.25, 0.3) is 0 Å². The summed E-state index contributed by atoms with van der Waals surface area (Å²) in [5, 5.41) is 0.980. The van der Waals surface area contributed by atoms with E-state index in [2.05, 4.69) is 127 Å². The maximum Gasteiger partial charge on any atom is 0.180 e. The van der Waals surface area contributed by atoms with Crippen molar-refractivity contribution in [1.82, 2.24) is 9.97 Å². The van der Waals surface area contributed by atoms with Crippen molar-refractivity contribution in [2.24, 2.45) is 0 Å². The number of rotatable bonds is 5. The Labute approximate surface area is 249 Å². The Hall–Kier alpha value is -5.80. The van der Waals surface area contributed by atoms with Crippen LogP contribution in [0.25, 0.3) is 78.1 Å². The molecule has 0 saturated carbocycles. The largest absolute Gasteiger partial charge is 0.452 e. The van der Waals surface area contributed by atoms with Gasteiger partial charge in [-0.15, -0.1) is 0 Å². The summed E-state index contributed by atoms with van der Waals surface area (Å²) in [5.41, 5.74) is 12.0. The molecule has 2 heterocycles. The fourth-order valence-corrected chi connectivity index (χ4v) is 5.74. The molecule has 8 aromatic rings. The first kappa shape index (κ1) is 25.0. The molecule has 2 aromatic heterocycles. The van der Waals surface area contributed by atoms with E-state index >= 15 is 0 Å². The lowest BCUT2D eigenvalue weighted by Gasteiger charge is -2.10. The van der Waals surface area contributed by atoms with E-state index < -0.39 is 0 Å². The SMILES string of the molecule is c1ccc(-c2cccc(-c3cccc(-c4nc(-c5cccc(-c6ccccc6)c5)c5oc6ccccc6c5n4)c3)c2)cc1. The summed E-state index contributed by atoms with van der Waals surface area (Å²) < 4.78 is 6.40. The van der Waals surface area contributed by atoms with Gasteiger partial charge in [0, 0.05) is 16.5 Å². The van der Waals surface area contributed by atoms with Gasteiger partial charge in [0.1, 0.15) is 16.8 Å². The summed E-state index contributed by atoms with van der Waals surface area (Å²) in [4.78, 5) is 10.3. The smallest absolute Gasteiger partial charge is 0.180 e. The zero-order chi connectivity index (χ0) is 28.6. The normalized spacial score (nSPS) is 11.3. The highest BCUT2D eigenvalue weighted by atomic mass is 16.3. The second kappa shape index (κ2) is 10.6. The minimum Gasteiger partial charge on any atom is -0.452 e. The van der Waals surface area contributed by atoms with Gasteiger partial charge >= 0.3 is 0 Å². The van der Waals surface area contributed by atoms with Crippen LogP contribution in [-0.4, -0.2) is 9.97 Å². The average molecular weight is 551 g/mol. The molecule has 202 valence electrons. The molecule has 0 spiro atoms. The predicted molar refractivity (Wildman–Crippen MR) is 176 cm³/mol. The maximum atomic E-state index is 6.40. The highest BCUT2D eigenvalue weighted by Gasteiger charge is 2.18. The van der Waals surface area contributed by atoms with Gasteiger partial charge in [-0.2, -0.15) is 0 Å². The van der Waals surface area contributed by atoms with Crippen LogP contribution < -0.4 is 0 Å². The van der Waals surface area contributed by atoms with Crippen LogP contribution in [0.15, 0.2) is 162 Å². The second-order valence-corrected chi connectivity index (χ2v) is 10.6. The molecule has 0 fully saturated rings. The number of benzene rings is 6. The summed E-state index contributed by atoms with van der Waals surface area (Å²) in [6, 6.07) is 54.6. The molecule has 0 atom stereocenters. The second-order valence-electron chi connectivity index (χ2n) is 10.6. The molecular weight excluding hydrogens is 524 g/mol. The number of aromatic nitrogens is 2. The lowest BCUT2D eigenvalue weighted by molar-refractivity contribution is 0.667. The van der Waals surface area contributed by atoms with Gasteiger partial charge in [-0.1, -0.05) is 127 Å². The molecule has 0 unspecified atom stereocenters. The third-order valence-corrected chi connectivity index (χ3v) is 7.89. The van der Waals surface area contributed by atoms with E-state index in [-0.39, 0.29) is 0 Å².